The molecular formula is C21H29NO3. The minimum Gasteiger partial charge on any atom is -0.497 e. The highest BCUT2D eigenvalue weighted by molar-refractivity contribution is 5.27. The van der Waals surface area contributed by atoms with Gasteiger partial charge in [-0.1, -0.05) is 37.3 Å². The number of methoxy groups -OCH3 is 1. The van der Waals surface area contributed by atoms with E-state index in [1.165, 1.54) is 5.56 Å². The number of hydrogen-bond donors (Lipinski definition) is 1. The monoisotopic (exact) mass is 343 g/mol. The van der Waals surface area contributed by atoms with Gasteiger partial charge in [-0.3, -0.25) is 4.90 Å². The Morgan fingerprint density at radius 2 is 1.68 bits per heavy atom. The summed E-state index contributed by atoms with van der Waals surface area (Å²) in [6, 6.07) is 18.1. The highest BCUT2D eigenvalue weighted by Gasteiger charge is 2.17. The molecule has 0 aliphatic heterocycles. The van der Waals surface area contributed by atoms with Crippen LogP contribution in [0.15, 0.2) is 54.6 Å². The van der Waals surface area contributed by atoms with Crippen molar-refractivity contribution in [3.63, 3.8) is 0 Å². The van der Waals surface area contributed by atoms with Gasteiger partial charge in [0.1, 0.15) is 24.2 Å². The van der Waals surface area contributed by atoms with E-state index in [0.29, 0.717) is 19.2 Å². The van der Waals surface area contributed by atoms with Crippen molar-refractivity contribution in [2.75, 3.05) is 20.3 Å². The fraction of sp³-hybridized carbons (Fsp3) is 0.429. The lowest BCUT2D eigenvalue weighted by Crippen LogP contribution is -2.40. The normalized spacial score (nSPS) is 13.5. The van der Waals surface area contributed by atoms with Gasteiger partial charge < -0.3 is 14.6 Å². The topological polar surface area (TPSA) is 41.9 Å². The maximum atomic E-state index is 10.4. The lowest BCUT2D eigenvalue weighted by atomic mass is 10.1. The van der Waals surface area contributed by atoms with Crippen LogP contribution in [0.4, 0.5) is 0 Å². The minimum absolute atomic E-state index is 0.291. The summed E-state index contributed by atoms with van der Waals surface area (Å²) in [5.41, 5.74) is 1.21. The fourth-order valence-corrected chi connectivity index (χ4v) is 2.66. The maximum Gasteiger partial charge on any atom is 0.119 e. The van der Waals surface area contributed by atoms with Crippen molar-refractivity contribution in [2.45, 2.75) is 39.0 Å². The van der Waals surface area contributed by atoms with Gasteiger partial charge in [0.2, 0.25) is 0 Å². The van der Waals surface area contributed by atoms with Crippen molar-refractivity contribution in [1.82, 2.24) is 4.90 Å². The molecule has 2 rings (SSSR count). The highest BCUT2D eigenvalue weighted by Crippen LogP contribution is 2.16. The SMILES string of the molecule is CC[C@H](C)N(Cc1ccc(OC)cc1)C[C@H](O)COc1ccccc1. The predicted molar refractivity (Wildman–Crippen MR) is 101 cm³/mol. The summed E-state index contributed by atoms with van der Waals surface area (Å²) in [6.07, 6.45) is 0.495. The lowest BCUT2D eigenvalue weighted by molar-refractivity contribution is 0.0506. The number of ether oxygens (including phenoxy) is 2. The van der Waals surface area contributed by atoms with Crippen molar-refractivity contribution in [3.05, 3.63) is 60.2 Å². The molecule has 0 aromatic heterocycles. The lowest BCUT2D eigenvalue weighted by Gasteiger charge is -2.30. The Morgan fingerprint density at radius 3 is 2.28 bits per heavy atom. The second-order valence-electron chi connectivity index (χ2n) is 6.31. The zero-order valence-electron chi connectivity index (χ0n) is 15.4. The molecule has 0 saturated carbocycles. The molecule has 4 heteroatoms. The summed E-state index contributed by atoms with van der Waals surface area (Å²) in [7, 11) is 1.67. The third-order valence-electron chi connectivity index (χ3n) is 4.39. The molecule has 0 amide bonds. The third-order valence-corrected chi connectivity index (χ3v) is 4.39. The average molecular weight is 343 g/mol. The van der Waals surface area contributed by atoms with E-state index in [-0.39, 0.29) is 0 Å². The van der Waals surface area contributed by atoms with Gasteiger partial charge in [-0.15, -0.1) is 0 Å². The number of nitrogens with zero attached hydrogens (tertiary/aromatic N) is 1. The first-order valence-corrected chi connectivity index (χ1v) is 8.85. The zero-order valence-corrected chi connectivity index (χ0v) is 15.4. The molecule has 136 valence electrons. The molecule has 0 spiro atoms. The molecule has 4 nitrogen and oxygen atoms in total. The third kappa shape index (κ3) is 6.40. The number of hydrogen-bond acceptors (Lipinski definition) is 4. The van der Waals surface area contributed by atoms with Gasteiger partial charge >= 0.3 is 0 Å². The molecule has 0 bridgehead atoms. The van der Waals surface area contributed by atoms with E-state index in [9.17, 15) is 5.11 Å². The molecule has 0 aliphatic carbocycles. The summed E-state index contributed by atoms with van der Waals surface area (Å²) in [5.74, 6) is 1.64. The van der Waals surface area contributed by atoms with Crippen molar-refractivity contribution in [1.29, 1.82) is 0 Å². The summed E-state index contributed by atoms with van der Waals surface area (Å²) in [4.78, 5) is 2.29. The van der Waals surface area contributed by atoms with Crippen LogP contribution in [0.2, 0.25) is 0 Å². The van der Waals surface area contributed by atoms with E-state index in [1.807, 2.05) is 42.5 Å². The number of rotatable bonds is 10. The first-order valence-electron chi connectivity index (χ1n) is 8.85. The van der Waals surface area contributed by atoms with Crippen LogP contribution >= 0.6 is 0 Å². The Labute approximate surface area is 151 Å². The molecule has 0 aliphatic rings. The van der Waals surface area contributed by atoms with Crippen LogP contribution < -0.4 is 9.47 Å². The first kappa shape index (κ1) is 19.3. The molecule has 1 N–H and O–H groups in total. The van der Waals surface area contributed by atoms with Gasteiger partial charge in [-0.25, -0.2) is 0 Å². The molecular weight excluding hydrogens is 314 g/mol. The fourth-order valence-electron chi connectivity index (χ4n) is 2.66. The van der Waals surface area contributed by atoms with Gasteiger partial charge in [-0.2, -0.15) is 0 Å². The van der Waals surface area contributed by atoms with Gasteiger partial charge in [0.05, 0.1) is 7.11 Å². The van der Waals surface area contributed by atoms with Crippen molar-refractivity contribution < 1.29 is 14.6 Å². The molecule has 25 heavy (non-hydrogen) atoms. The largest absolute Gasteiger partial charge is 0.497 e. The second kappa shape index (κ2) is 10.1. The maximum absolute atomic E-state index is 10.4. The number of aliphatic hydroxyl groups excluding tert-OH is 1. The Hall–Kier alpha value is -2.04. The van der Waals surface area contributed by atoms with Crippen LogP contribution in [-0.2, 0) is 6.54 Å². The summed E-state index contributed by atoms with van der Waals surface area (Å²) < 4.78 is 10.9. The molecule has 0 heterocycles. The molecule has 0 saturated heterocycles. The number of benzene rings is 2. The Kier molecular flexibility index (Phi) is 7.76. The summed E-state index contributed by atoms with van der Waals surface area (Å²) in [5, 5.41) is 10.4. The van der Waals surface area contributed by atoms with E-state index >= 15 is 0 Å². The molecule has 2 aromatic carbocycles. The van der Waals surface area contributed by atoms with E-state index in [2.05, 4.69) is 30.9 Å². The molecule has 0 unspecified atom stereocenters. The molecule has 2 aromatic rings. The summed E-state index contributed by atoms with van der Waals surface area (Å²) in [6.45, 7) is 6.02. The Balaban J connectivity index is 1.91. The summed E-state index contributed by atoms with van der Waals surface area (Å²) >= 11 is 0. The quantitative estimate of drug-likeness (QED) is 0.714. The molecule has 2 atom stereocenters. The van der Waals surface area contributed by atoms with Crippen LogP contribution in [0, 0.1) is 0 Å². The van der Waals surface area contributed by atoms with E-state index in [0.717, 1.165) is 24.5 Å². The van der Waals surface area contributed by atoms with Crippen molar-refractivity contribution in [3.8, 4) is 11.5 Å². The zero-order chi connectivity index (χ0) is 18.1. The highest BCUT2D eigenvalue weighted by atomic mass is 16.5. The van der Waals surface area contributed by atoms with E-state index < -0.39 is 6.10 Å². The van der Waals surface area contributed by atoms with Crippen LogP contribution in [0.1, 0.15) is 25.8 Å². The van der Waals surface area contributed by atoms with Crippen LogP contribution in [-0.4, -0.2) is 42.4 Å². The van der Waals surface area contributed by atoms with E-state index in [4.69, 9.17) is 9.47 Å². The first-order chi connectivity index (χ1) is 12.1. The smallest absolute Gasteiger partial charge is 0.119 e. The number of aliphatic hydroxyl groups is 1. The molecule has 0 fully saturated rings. The Morgan fingerprint density at radius 1 is 1.00 bits per heavy atom. The van der Waals surface area contributed by atoms with Gasteiger partial charge in [0.15, 0.2) is 0 Å². The second-order valence-corrected chi connectivity index (χ2v) is 6.31. The van der Waals surface area contributed by atoms with Crippen LogP contribution in [0.5, 0.6) is 11.5 Å². The molecule has 0 radical (unpaired) electrons. The van der Waals surface area contributed by atoms with Gasteiger partial charge in [0.25, 0.3) is 0 Å². The number of para-hydroxylation sites is 1. The average Bonchev–Trinajstić information content (AvgIpc) is 2.66. The van der Waals surface area contributed by atoms with Crippen molar-refractivity contribution >= 4 is 0 Å². The standard InChI is InChI=1S/C21H29NO3/c1-4-17(2)22(14-18-10-12-20(24-3)13-11-18)15-19(23)16-25-21-8-6-5-7-9-21/h5-13,17,19,23H,4,14-16H2,1-3H3/t17-,19-/m0/s1. The van der Waals surface area contributed by atoms with Gasteiger partial charge in [0, 0.05) is 19.1 Å². The van der Waals surface area contributed by atoms with E-state index in [1.54, 1.807) is 7.11 Å². The Bertz CT molecular complexity index is 600. The van der Waals surface area contributed by atoms with Crippen LogP contribution in [0.3, 0.4) is 0 Å². The predicted octanol–water partition coefficient (Wildman–Crippen LogP) is 3.74. The van der Waals surface area contributed by atoms with Gasteiger partial charge in [-0.05, 0) is 43.2 Å². The van der Waals surface area contributed by atoms with Crippen molar-refractivity contribution in [2.24, 2.45) is 0 Å². The van der Waals surface area contributed by atoms with Crippen LogP contribution in [0.25, 0.3) is 0 Å². The minimum atomic E-state index is -0.535.